The van der Waals surface area contributed by atoms with Crippen molar-refractivity contribution < 1.29 is 17.7 Å². The van der Waals surface area contributed by atoms with Crippen LogP contribution in [0.4, 0.5) is 13.2 Å². The van der Waals surface area contributed by atoms with E-state index < -0.39 is 12.6 Å². The smallest absolute Gasteiger partial charge is 0.223 e. The maximum atomic E-state index is 13.9. The summed E-state index contributed by atoms with van der Waals surface area (Å²) >= 11 is 0. The van der Waals surface area contributed by atoms with Crippen LogP contribution in [0.3, 0.4) is 0 Å². The number of nitrogens with zero attached hydrogens (tertiary/aromatic N) is 2. The lowest BCUT2D eigenvalue weighted by molar-refractivity contribution is -0.750. The number of benzene rings is 3. The number of rotatable bonds is 6. The summed E-state index contributed by atoms with van der Waals surface area (Å²) in [6, 6.07) is 16.8. The van der Waals surface area contributed by atoms with Gasteiger partial charge in [0.05, 0.1) is 11.8 Å². The van der Waals surface area contributed by atoms with Crippen molar-refractivity contribution in [3.8, 4) is 11.3 Å². The van der Waals surface area contributed by atoms with Crippen LogP contribution >= 0.6 is 0 Å². The molecule has 0 N–H and O–H groups in total. The number of imidazole rings is 1. The number of aryl methyl sites for hydroxylation is 2. The van der Waals surface area contributed by atoms with Crippen LogP contribution in [-0.2, 0) is 23.8 Å². The van der Waals surface area contributed by atoms with Gasteiger partial charge in [-0.05, 0) is 85.9 Å². The lowest BCUT2D eigenvalue weighted by Gasteiger charge is -2.46. The summed E-state index contributed by atoms with van der Waals surface area (Å²) in [5, 5.41) is 3.08. The van der Waals surface area contributed by atoms with Crippen LogP contribution in [0.25, 0.3) is 38.6 Å². The minimum absolute atomic E-state index is 0.168. The van der Waals surface area contributed by atoms with Crippen molar-refractivity contribution in [3.63, 3.8) is 0 Å². The van der Waals surface area contributed by atoms with Crippen LogP contribution in [0.1, 0.15) is 82.2 Å². The summed E-state index contributed by atoms with van der Waals surface area (Å²) in [5.74, 6) is 0.234. The highest BCUT2D eigenvalue weighted by atomic mass is 19.4. The fourth-order valence-electron chi connectivity index (χ4n) is 7.96. The number of aromatic nitrogens is 2. The Hall–Kier alpha value is -3.34. The van der Waals surface area contributed by atoms with Gasteiger partial charge in [0.1, 0.15) is 17.3 Å². The lowest BCUT2D eigenvalue weighted by atomic mass is 9.62. The van der Waals surface area contributed by atoms with E-state index in [-0.39, 0.29) is 16.9 Å². The third-order valence-electron chi connectivity index (χ3n) is 10.5. The number of pyridine rings is 1. The zero-order chi connectivity index (χ0) is 30.4. The van der Waals surface area contributed by atoms with Gasteiger partial charge in [0.2, 0.25) is 0 Å². The molecule has 42 heavy (non-hydrogen) atoms. The number of hydrogen-bond acceptors (Lipinski definition) is 0. The summed E-state index contributed by atoms with van der Waals surface area (Å²) in [6.07, 6.45) is -0.363. The molecule has 3 heterocycles. The zero-order valence-corrected chi connectivity index (χ0v) is 26.1. The number of fused-ring (bicyclic) bond motifs is 3. The van der Waals surface area contributed by atoms with Gasteiger partial charge >= 0.3 is 6.18 Å². The van der Waals surface area contributed by atoms with Crippen molar-refractivity contribution in [1.29, 1.82) is 0 Å². The molecule has 0 spiro atoms. The zero-order valence-electron chi connectivity index (χ0n) is 26.1. The molecular weight excluding hydrogens is 529 g/mol. The van der Waals surface area contributed by atoms with E-state index in [1.165, 1.54) is 22.3 Å². The standard InChI is InChI=1S/C37H42F3N2/c1-9-35(7)29-16-12-15-27-28-18-26(20-37(38,39)40)25(17-22(3)4)19-30(28)42-31(32-23(5)13-11-14-24(32)6)21-41(34(42)33(27)29)36(35,8)10-2/h11-16,18-19,21-22H,9-10,17,20H2,1-8H3/q+1. The second-order valence-electron chi connectivity index (χ2n) is 13.4. The predicted octanol–water partition coefficient (Wildman–Crippen LogP) is 9.93. The highest BCUT2D eigenvalue weighted by molar-refractivity contribution is 6.14. The van der Waals surface area contributed by atoms with Crippen molar-refractivity contribution in [2.24, 2.45) is 5.92 Å². The average molecular weight is 572 g/mol. The first-order chi connectivity index (χ1) is 19.8. The van der Waals surface area contributed by atoms with Gasteiger partial charge in [-0.1, -0.05) is 71.0 Å². The Bertz CT molecular complexity index is 1860. The summed E-state index contributed by atoms with van der Waals surface area (Å²) in [4.78, 5) is 0. The Morgan fingerprint density at radius 3 is 2.14 bits per heavy atom. The molecule has 2 atom stereocenters. The third-order valence-corrected chi connectivity index (χ3v) is 10.5. The fraction of sp³-hybridized carbons (Fsp3) is 0.432. The summed E-state index contributed by atoms with van der Waals surface area (Å²) in [6.45, 7) is 17.8. The van der Waals surface area contributed by atoms with Gasteiger partial charge < -0.3 is 0 Å². The molecule has 2 unspecified atom stereocenters. The summed E-state index contributed by atoms with van der Waals surface area (Å²) < 4.78 is 46.7. The molecule has 0 radical (unpaired) electrons. The number of alkyl halides is 3. The first kappa shape index (κ1) is 28.8. The van der Waals surface area contributed by atoms with Crippen molar-refractivity contribution in [2.75, 3.05) is 0 Å². The molecule has 0 aliphatic carbocycles. The molecule has 0 amide bonds. The van der Waals surface area contributed by atoms with E-state index in [1.54, 1.807) is 0 Å². The van der Waals surface area contributed by atoms with Crippen LogP contribution < -0.4 is 4.57 Å². The van der Waals surface area contributed by atoms with Crippen LogP contribution in [0.2, 0.25) is 0 Å². The van der Waals surface area contributed by atoms with E-state index in [9.17, 15) is 13.2 Å². The molecule has 5 aromatic rings. The van der Waals surface area contributed by atoms with Crippen LogP contribution in [0.5, 0.6) is 0 Å². The molecular formula is C37H42F3N2+. The molecule has 6 rings (SSSR count). The first-order valence-corrected chi connectivity index (χ1v) is 15.4. The highest BCUT2D eigenvalue weighted by Gasteiger charge is 2.54. The Morgan fingerprint density at radius 1 is 0.881 bits per heavy atom. The topological polar surface area (TPSA) is 8.29 Å². The van der Waals surface area contributed by atoms with Crippen molar-refractivity contribution in [1.82, 2.24) is 4.40 Å². The molecule has 2 nitrogen and oxygen atoms in total. The largest absolute Gasteiger partial charge is 0.393 e. The minimum atomic E-state index is -4.28. The van der Waals surface area contributed by atoms with Crippen molar-refractivity contribution in [3.05, 3.63) is 82.5 Å². The molecule has 0 bridgehead atoms. The number of halogens is 3. The van der Waals surface area contributed by atoms with Gasteiger partial charge in [-0.2, -0.15) is 17.6 Å². The monoisotopic (exact) mass is 571 g/mol. The minimum Gasteiger partial charge on any atom is -0.223 e. The van der Waals surface area contributed by atoms with Crippen LogP contribution in [0.15, 0.2) is 54.7 Å². The van der Waals surface area contributed by atoms with Gasteiger partial charge in [-0.15, -0.1) is 0 Å². The summed E-state index contributed by atoms with van der Waals surface area (Å²) in [7, 11) is 0. The van der Waals surface area contributed by atoms with E-state index >= 15 is 0 Å². The van der Waals surface area contributed by atoms with E-state index in [0.717, 1.165) is 51.4 Å². The molecule has 0 fully saturated rings. The molecule has 0 saturated heterocycles. The Balaban J connectivity index is 1.91. The molecule has 220 valence electrons. The van der Waals surface area contributed by atoms with Gasteiger partial charge in [0.15, 0.2) is 5.69 Å². The first-order valence-electron chi connectivity index (χ1n) is 15.4. The Labute approximate surface area is 247 Å². The van der Waals surface area contributed by atoms with Crippen LogP contribution in [-0.4, -0.2) is 10.6 Å². The van der Waals surface area contributed by atoms with Gasteiger partial charge in [-0.25, -0.2) is 4.57 Å². The van der Waals surface area contributed by atoms with Gasteiger partial charge in [-0.3, -0.25) is 0 Å². The molecule has 5 heteroatoms. The SMILES string of the molecule is CCC1(C)c2cccc3c4cc(CC(F)(F)F)c(CC(C)C)cc4n4c(-c5c(C)cccc5C)c[n+](c4c23)C1(C)CC. The molecule has 0 saturated carbocycles. The van der Waals surface area contributed by atoms with Gasteiger partial charge in [0, 0.05) is 21.8 Å². The fourth-order valence-corrected chi connectivity index (χ4v) is 7.96. The predicted molar refractivity (Wildman–Crippen MR) is 167 cm³/mol. The highest BCUT2D eigenvalue weighted by Crippen LogP contribution is 2.51. The Kier molecular flexibility index (Phi) is 6.57. The normalized spacial score (nSPS) is 20.6. The van der Waals surface area contributed by atoms with E-state index in [1.807, 2.05) is 6.07 Å². The van der Waals surface area contributed by atoms with E-state index in [0.29, 0.717) is 12.0 Å². The maximum absolute atomic E-state index is 13.9. The molecule has 2 aromatic heterocycles. The molecule has 1 aliphatic heterocycles. The summed E-state index contributed by atoms with van der Waals surface area (Å²) in [5.41, 5.74) is 8.87. The van der Waals surface area contributed by atoms with Crippen molar-refractivity contribution >= 4 is 27.3 Å². The Morgan fingerprint density at radius 2 is 1.55 bits per heavy atom. The maximum Gasteiger partial charge on any atom is 0.393 e. The van der Waals surface area contributed by atoms with Gasteiger partial charge in [0.25, 0.3) is 5.65 Å². The van der Waals surface area contributed by atoms with Crippen molar-refractivity contribution in [2.45, 2.75) is 98.2 Å². The second kappa shape index (κ2) is 9.59. The lowest BCUT2D eigenvalue weighted by Crippen LogP contribution is -2.65. The second-order valence-corrected chi connectivity index (χ2v) is 13.4. The van der Waals surface area contributed by atoms with E-state index in [4.69, 9.17) is 0 Å². The molecule has 3 aromatic carbocycles. The number of hydrogen-bond donors (Lipinski definition) is 0. The quantitative estimate of drug-likeness (QED) is 0.142. The van der Waals surface area contributed by atoms with Crippen LogP contribution in [0, 0.1) is 19.8 Å². The average Bonchev–Trinajstić information content (AvgIpc) is 3.32. The molecule has 1 aliphatic rings. The van der Waals surface area contributed by atoms with E-state index in [2.05, 4.69) is 113 Å². The third kappa shape index (κ3) is 3.95.